The minimum Gasteiger partial charge on any atom is -0.229 e. The summed E-state index contributed by atoms with van der Waals surface area (Å²) >= 11 is 0. The quantitative estimate of drug-likeness (QED) is 0.331. The number of aromatic nitrogens is 7. The Kier molecular flexibility index (Phi) is 6.68. The van der Waals surface area contributed by atoms with E-state index >= 15 is 0 Å². The maximum atomic E-state index is 14.6. The molecule has 1 aliphatic heterocycles. The van der Waals surface area contributed by atoms with Crippen molar-refractivity contribution < 1.29 is 17.2 Å². The zero-order valence-electron chi connectivity index (χ0n) is 22.3. The van der Waals surface area contributed by atoms with Crippen molar-refractivity contribution in [1.29, 1.82) is 0 Å². The Morgan fingerprint density at radius 2 is 1.88 bits per heavy atom. The predicted octanol–water partition coefficient (Wildman–Crippen LogP) is 4.68. The maximum absolute atomic E-state index is 14.6. The van der Waals surface area contributed by atoms with Crippen LogP contribution in [0, 0.1) is 11.6 Å². The average molecular weight is 566 g/mol. The highest BCUT2D eigenvalue weighted by Crippen LogP contribution is 2.49. The first-order chi connectivity index (χ1) is 19.2. The molecule has 1 aliphatic carbocycles. The van der Waals surface area contributed by atoms with E-state index in [4.69, 9.17) is 4.98 Å². The van der Waals surface area contributed by atoms with Crippen molar-refractivity contribution in [3.05, 3.63) is 77.3 Å². The van der Waals surface area contributed by atoms with Crippen LogP contribution in [0.4, 0.5) is 8.78 Å². The lowest BCUT2D eigenvalue weighted by atomic mass is 9.65. The third-order valence-corrected chi connectivity index (χ3v) is 10.2. The maximum Gasteiger partial charge on any atom is 0.252 e. The highest BCUT2D eigenvalue weighted by molar-refractivity contribution is 7.91. The number of nitrogens with zero attached hydrogens (tertiary/aromatic N) is 7. The monoisotopic (exact) mass is 565 g/mol. The molecule has 2 aliphatic rings. The molecule has 0 amide bonds. The van der Waals surface area contributed by atoms with Crippen LogP contribution >= 0.6 is 0 Å². The summed E-state index contributed by atoms with van der Waals surface area (Å²) in [4.78, 5) is 13.6. The van der Waals surface area contributed by atoms with Gasteiger partial charge in [0.2, 0.25) is 0 Å². The molecule has 9 nitrogen and oxygen atoms in total. The smallest absolute Gasteiger partial charge is 0.229 e. The molecule has 0 radical (unpaired) electrons. The summed E-state index contributed by atoms with van der Waals surface area (Å²) in [5.74, 6) is -0.455. The molecule has 208 valence electrons. The van der Waals surface area contributed by atoms with Gasteiger partial charge in [0.05, 0.1) is 39.6 Å². The summed E-state index contributed by atoms with van der Waals surface area (Å²) in [7, 11) is -3.07. The molecular formula is C28H29F2N7O2S. The minimum atomic E-state index is -3.07. The summed E-state index contributed by atoms with van der Waals surface area (Å²) in [5, 5.41) is 13.4. The molecular weight excluding hydrogens is 536 g/mol. The fourth-order valence-electron chi connectivity index (χ4n) is 6.13. The number of hydrogen-bond donors (Lipinski definition) is 0. The molecule has 1 fully saturated rings. The van der Waals surface area contributed by atoms with Gasteiger partial charge >= 0.3 is 0 Å². The molecule has 1 saturated heterocycles. The van der Waals surface area contributed by atoms with Gasteiger partial charge < -0.3 is 0 Å². The summed E-state index contributed by atoms with van der Waals surface area (Å²) in [6.07, 6.45) is 6.83. The number of sulfone groups is 1. The summed E-state index contributed by atoms with van der Waals surface area (Å²) in [6, 6.07) is 7.41. The Morgan fingerprint density at radius 3 is 2.58 bits per heavy atom. The van der Waals surface area contributed by atoms with Crippen LogP contribution in [0.3, 0.4) is 0 Å². The van der Waals surface area contributed by atoms with Crippen molar-refractivity contribution in [2.75, 3.05) is 11.5 Å². The molecule has 0 saturated carbocycles. The van der Waals surface area contributed by atoms with E-state index < -0.39 is 26.9 Å². The van der Waals surface area contributed by atoms with Gasteiger partial charge in [0.1, 0.15) is 18.0 Å². The van der Waals surface area contributed by atoms with Gasteiger partial charge in [-0.1, -0.05) is 19.9 Å². The van der Waals surface area contributed by atoms with Crippen LogP contribution < -0.4 is 0 Å². The Labute approximate surface area is 231 Å². The van der Waals surface area contributed by atoms with Gasteiger partial charge in [0, 0.05) is 12.1 Å². The van der Waals surface area contributed by atoms with Crippen molar-refractivity contribution >= 4 is 9.84 Å². The highest BCUT2D eigenvalue weighted by atomic mass is 32.2. The lowest BCUT2D eigenvalue weighted by Gasteiger charge is -2.39. The largest absolute Gasteiger partial charge is 0.252 e. The van der Waals surface area contributed by atoms with Crippen molar-refractivity contribution in [1.82, 2.24) is 34.9 Å². The van der Waals surface area contributed by atoms with Crippen molar-refractivity contribution in [3.63, 3.8) is 0 Å². The van der Waals surface area contributed by atoms with Crippen LogP contribution in [0.1, 0.15) is 80.6 Å². The Bertz CT molecular complexity index is 1670. The van der Waals surface area contributed by atoms with Gasteiger partial charge in [-0.25, -0.2) is 32.2 Å². The summed E-state index contributed by atoms with van der Waals surface area (Å²) in [6.45, 7) is 4.16. The van der Waals surface area contributed by atoms with E-state index in [9.17, 15) is 17.2 Å². The Balaban J connectivity index is 1.41. The lowest BCUT2D eigenvalue weighted by Crippen LogP contribution is -2.36. The normalized spacial score (nSPS) is 23.7. The van der Waals surface area contributed by atoms with Crippen molar-refractivity contribution in [3.8, 4) is 17.2 Å². The highest BCUT2D eigenvalue weighted by Gasteiger charge is 2.43. The molecule has 0 bridgehead atoms. The second-order valence-electron chi connectivity index (χ2n) is 10.6. The van der Waals surface area contributed by atoms with E-state index in [0.29, 0.717) is 24.6 Å². The molecule has 40 heavy (non-hydrogen) atoms. The molecule has 0 unspecified atom stereocenters. The Morgan fingerprint density at radius 1 is 1.07 bits per heavy atom. The minimum absolute atomic E-state index is 0.0453. The lowest BCUT2D eigenvalue weighted by molar-refractivity contribution is 0.352. The van der Waals surface area contributed by atoms with Crippen LogP contribution in [0.25, 0.3) is 17.2 Å². The van der Waals surface area contributed by atoms with Gasteiger partial charge in [0.15, 0.2) is 15.7 Å². The van der Waals surface area contributed by atoms with E-state index in [1.165, 1.54) is 29.2 Å². The van der Waals surface area contributed by atoms with Gasteiger partial charge in [-0.2, -0.15) is 9.78 Å². The summed E-state index contributed by atoms with van der Waals surface area (Å²) < 4.78 is 54.5. The number of fused-ring (bicyclic) bond motifs is 1. The molecule has 4 heterocycles. The first kappa shape index (κ1) is 26.5. The number of hydrogen-bond acceptors (Lipinski definition) is 8. The standard InChI is InChI=1S/C28H29F2N7O2S/c1-3-17-8-11-28(4-2,25-19(17)14-22(34-35-25)24-20(29)6-5-7-21(24)30)23-9-12-31-27(33-23)37-16-32-26(36-37)18-10-13-40(38,39)15-18/h5-7,9,12,14,16-18H,3-4,8,10-11,13,15H2,1-2H3/t17-,18-,28+/m0/s1. The zero-order chi connectivity index (χ0) is 28.1. The number of halogens is 2. The topological polar surface area (TPSA) is 116 Å². The van der Waals surface area contributed by atoms with Crippen LogP contribution in [0.15, 0.2) is 42.9 Å². The molecule has 3 aromatic heterocycles. The third-order valence-electron chi connectivity index (χ3n) is 8.40. The second kappa shape index (κ2) is 10.1. The van der Waals surface area contributed by atoms with Crippen LogP contribution in [0.5, 0.6) is 0 Å². The molecule has 4 aromatic rings. The van der Waals surface area contributed by atoms with E-state index in [2.05, 4.69) is 39.1 Å². The van der Waals surface area contributed by atoms with Crippen molar-refractivity contribution in [2.45, 2.75) is 63.2 Å². The van der Waals surface area contributed by atoms with E-state index in [1.807, 2.05) is 6.07 Å². The van der Waals surface area contributed by atoms with Gasteiger partial charge in [-0.3, -0.25) is 0 Å². The zero-order valence-corrected chi connectivity index (χ0v) is 23.1. The molecule has 12 heteroatoms. The second-order valence-corrected chi connectivity index (χ2v) is 12.8. The van der Waals surface area contributed by atoms with E-state index in [0.717, 1.165) is 36.2 Å². The first-order valence-electron chi connectivity index (χ1n) is 13.5. The molecule has 1 aromatic carbocycles. The van der Waals surface area contributed by atoms with Crippen LogP contribution in [-0.2, 0) is 15.3 Å². The molecule has 3 atom stereocenters. The van der Waals surface area contributed by atoms with E-state index in [-0.39, 0.29) is 34.6 Å². The third kappa shape index (κ3) is 4.47. The first-order valence-corrected chi connectivity index (χ1v) is 15.3. The SMILES string of the molecule is CC[C@H]1CC[C@](CC)(c2ccnc(-n3cnc([C@H]4CCS(=O)(=O)C4)n3)n2)c2nnc(-c3c(F)cccc3F)cc21. The number of benzene rings is 1. The van der Waals surface area contributed by atoms with Gasteiger partial charge in [0.25, 0.3) is 5.95 Å². The predicted molar refractivity (Wildman–Crippen MR) is 144 cm³/mol. The molecule has 0 N–H and O–H groups in total. The summed E-state index contributed by atoms with van der Waals surface area (Å²) in [5.41, 5.74) is 1.84. The van der Waals surface area contributed by atoms with Gasteiger partial charge in [-0.15, -0.1) is 10.2 Å². The fourth-order valence-corrected chi connectivity index (χ4v) is 7.87. The molecule has 6 rings (SSSR count). The average Bonchev–Trinajstić information content (AvgIpc) is 3.59. The van der Waals surface area contributed by atoms with Gasteiger partial charge in [-0.05, 0) is 67.9 Å². The van der Waals surface area contributed by atoms with Crippen molar-refractivity contribution in [2.24, 2.45) is 0 Å². The fraction of sp³-hybridized carbons (Fsp3) is 0.429. The number of rotatable bonds is 6. The molecule has 0 spiro atoms. The Hall–Kier alpha value is -3.67. The van der Waals surface area contributed by atoms with Crippen LogP contribution in [0.2, 0.25) is 0 Å². The van der Waals surface area contributed by atoms with E-state index in [1.54, 1.807) is 12.3 Å². The van der Waals surface area contributed by atoms with Crippen LogP contribution in [-0.4, -0.2) is 54.9 Å².